The molecule has 1 aromatic carbocycles. The van der Waals surface area contributed by atoms with Gasteiger partial charge in [0, 0.05) is 0 Å². The van der Waals surface area contributed by atoms with Crippen LogP contribution in [0.15, 0.2) is 18.2 Å². The first kappa shape index (κ1) is 20.8. The minimum Gasteiger partial charge on any atom is -0.497 e. The highest BCUT2D eigenvalue weighted by Crippen LogP contribution is 2.48. The standard InChI is InChI=1S/C23H36O3/c1-21(2,3)15-23(7,22(4,5)6)20(24)26-19-11-9-10-16-14-17(25-8)12-13-18(16)19/h12-14,19H,9-11,15H2,1-8H3. The molecule has 0 N–H and O–H groups in total. The largest absolute Gasteiger partial charge is 0.497 e. The Hall–Kier alpha value is -1.51. The van der Waals surface area contributed by atoms with Gasteiger partial charge in [0.2, 0.25) is 0 Å². The molecule has 1 aliphatic carbocycles. The van der Waals surface area contributed by atoms with E-state index in [1.165, 1.54) is 5.56 Å². The highest BCUT2D eigenvalue weighted by molar-refractivity contribution is 5.78. The van der Waals surface area contributed by atoms with E-state index in [2.05, 4.69) is 60.6 Å². The summed E-state index contributed by atoms with van der Waals surface area (Å²) in [6.45, 7) is 15.0. The van der Waals surface area contributed by atoms with Gasteiger partial charge in [-0.05, 0) is 66.7 Å². The first-order valence-corrected chi connectivity index (χ1v) is 9.75. The van der Waals surface area contributed by atoms with E-state index >= 15 is 0 Å². The zero-order chi connectivity index (χ0) is 19.8. The Morgan fingerprint density at radius 1 is 1.12 bits per heavy atom. The van der Waals surface area contributed by atoms with Crippen molar-refractivity contribution in [3.05, 3.63) is 29.3 Å². The molecule has 0 radical (unpaired) electrons. The molecule has 3 nitrogen and oxygen atoms in total. The van der Waals surface area contributed by atoms with Gasteiger partial charge < -0.3 is 9.47 Å². The summed E-state index contributed by atoms with van der Waals surface area (Å²) in [6, 6.07) is 6.10. The zero-order valence-corrected chi connectivity index (χ0v) is 17.9. The number of fused-ring (bicyclic) bond motifs is 1. The third kappa shape index (κ3) is 4.42. The average molecular weight is 361 g/mol. The number of aryl methyl sites for hydroxylation is 1. The third-order valence-electron chi connectivity index (χ3n) is 5.85. The zero-order valence-electron chi connectivity index (χ0n) is 17.9. The monoisotopic (exact) mass is 360 g/mol. The highest BCUT2D eigenvalue weighted by Gasteiger charge is 2.48. The fourth-order valence-electron chi connectivity index (χ4n) is 3.96. The Morgan fingerprint density at radius 2 is 1.77 bits per heavy atom. The molecule has 1 aliphatic rings. The van der Waals surface area contributed by atoms with Crippen molar-refractivity contribution in [3.8, 4) is 5.75 Å². The van der Waals surface area contributed by atoms with E-state index in [1.807, 2.05) is 6.07 Å². The fourth-order valence-corrected chi connectivity index (χ4v) is 3.96. The van der Waals surface area contributed by atoms with Crippen molar-refractivity contribution in [1.82, 2.24) is 0 Å². The smallest absolute Gasteiger partial charge is 0.312 e. The van der Waals surface area contributed by atoms with Crippen molar-refractivity contribution >= 4 is 5.97 Å². The normalized spacial score (nSPS) is 20.1. The number of benzene rings is 1. The topological polar surface area (TPSA) is 35.5 Å². The van der Waals surface area contributed by atoms with E-state index in [0.29, 0.717) is 0 Å². The first-order valence-electron chi connectivity index (χ1n) is 9.75. The predicted octanol–water partition coefficient (Wildman–Crippen LogP) is 6.10. The number of esters is 1. The maximum absolute atomic E-state index is 13.3. The summed E-state index contributed by atoms with van der Waals surface area (Å²) < 4.78 is 11.5. The van der Waals surface area contributed by atoms with Crippen LogP contribution in [0.25, 0.3) is 0 Å². The number of hydrogen-bond donors (Lipinski definition) is 0. The van der Waals surface area contributed by atoms with E-state index in [4.69, 9.17) is 9.47 Å². The first-order chi connectivity index (χ1) is 11.9. The lowest BCUT2D eigenvalue weighted by molar-refractivity contribution is -0.171. The number of carbonyl (C=O) groups is 1. The maximum Gasteiger partial charge on any atom is 0.312 e. The van der Waals surface area contributed by atoms with Gasteiger partial charge in [-0.3, -0.25) is 4.79 Å². The number of rotatable bonds is 4. The van der Waals surface area contributed by atoms with Gasteiger partial charge in [-0.1, -0.05) is 47.6 Å². The van der Waals surface area contributed by atoms with Gasteiger partial charge in [0.25, 0.3) is 0 Å². The molecule has 0 aliphatic heterocycles. The van der Waals surface area contributed by atoms with Gasteiger partial charge in [-0.2, -0.15) is 0 Å². The summed E-state index contributed by atoms with van der Waals surface area (Å²) in [5.74, 6) is 0.789. The average Bonchev–Trinajstić information content (AvgIpc) is 2.51. The van der Waals surface area contributed by atoms with Crippen LogP contribution in [0.3, 0.4) is 0 Å². The lowest BCUT2D eigenvalue weighted by Gasteiger charge is -2.44. The molecule has 2 unspecified atom stereocenters. The molecule has 0 spiro atoms. The molecule has 3 heteroatoms. The molecule has 26 heavy (non-hydrogen) atoms. The molecule has 0 saturated heterocycles. The highest BCUT2D eigenvalue weighted by atomic mass is 16.5. The number of ether oxygens (including phenoxy) is 2. The van der Waals surface area contributed by atoms with Crippen molar-refractivity contribution in [1.29, 1.82) is 0 Å². The van der Waals surface area contributed by atoms with Crippen molar-refractivity contribution in [2.45, 2.75) is 80.3 Å². The van der Waals surface area contributed by atoms with Crippen molar-refractivity contribution in [3.63, 3.8) is 0 Å². The molecule has 0 fully saturated rings. The summed E-state index contributed by atoms with van der Waals surface area (Å²) in [6.07, 6.45) is 3.58. The van der Waals surface area contributed by atoms with E-state index in [9.17, 15) is 4.79 Å². The summed E-state index contributed by atoms with van der Waals surface area (Å²) in [7, 11) is 1.68. The molecular formula is C23H36O3. The quantitative estimate of drug-likeness (QED) is 0.608. The summed E-state index contributed by atoms with van der Waals surface area (Å²) in [5.41, 5.74) is 1.72. The maximum atomic E-state index is 13.3. The summed E-state index contributed by atoms with van der Waals surface area (Å²) in [5, 5.41) is 0. The number of hydrogen-bond acceptors (Lipinski definition) is 3. The molecule has 2 atom stereocenters. The van der Waals surface area contributed by atoms with Crippen LogP contribution in [0, 0.1) is 16.2 Å². The molecule has 0 heterocycles. The molecule has 1 aromatic rings. The van der Waals surface area contributed by atoms with E-state index in [1.54, 1.807) is 7.11 Å². The Morgan fingerprint density at radius 3 is 2.31 bits per heavy atom. The molecule has 146 valence electrons. The second kappa shape index (κ2) is 7.25. The van der Waals surface area contributed by atoms with E-state index < -0.39 is 5.41 Å². The van der Waals surface area contributed by atoms with Gasteiger partial charge >= 0.3 is 5.97 Å². The third-order valence-corrected chi connectivity index (χ3v) is 5.85. The van der Waals surface area contributed by atoms with E-state index in [0.717, 1.165) is 37.0 Å². The van der Waals surface area contributed by atoms with Crippen LogP contribution in [0.2, 0.25) is 0 Å². The molecule has 0 bridgehead atoms. The van der Waals surface area contributed by atoms with Gasteiger partial charge in [0.05, 0.1) is 12.5 Å². The number of methoxy groups -OCH3 is 1. The minimum atomic E-state index is -0.532. The van der Waals surface area contributed by atoms with Crippen molar-refractivity contribution in [2.75, 3.05) is 7.11 Å². The van der Waals surface area contributed by atoms with Crippen LogP contribution >= 0.6 is 0 Å². The molecule has 0 aromatic heterocycles. The van der Waals surface area contributed by atoms with E-state index in [-0.39, 0.29) is 22.9 Å². The lowest BCUT2D eigenvalue weighted by atomic mass is 9.61. The molecular weight excluding hydrogens is 324 g/mol. The van der Waals surface area contributed by atoms with Crippen molar-refractivity contribution in [2.24, 2.45) is 16.2 Å². The van der Waals surface area contributed by atoms with Crippen LogP contribution in [0.1, 0.15) is 85.0 Å². The Bertz CT molecular complexity index is 648. The van der Waals surface area contributed by atoms with Crippen LogP contribution in [-0.4, -0.2) is 13.1 Å². The Balaban J connectivity index is 2.28. The van der Waals surface area contributed by atoms with Crippen LogP contribution in [0.5, 0.6) is 5.75 Å². The predicted molar refractivity (Wildman–Crippen MR) is 106 cm³/mol. The van der Waals surface area contributed by atoms with Crippen LogP contribution < -0.4 is 4.74 Å². The summed E-state index contributed by atoms with van der Waals surface area (Å²) in [4.78, 5) is 13.3. The van der Waals surface area contributed by atoms with Crippen LogP contribution in [-0.2, 0) is 16.0 Å². The minimum absolute atomic E-state index is 0.0545. The lowest BCUT2D eigenvalue weighted by Crippen LogP contribution is -2.44. The van der Waals surface area contributed by atoms with Crippen molar-refractivity contribution < 1.29 is 14.3 Å². The Kier molecular flexibility index (Phi) is 5.80. The van der Waals surface area contributed by atoms with Crippen LogP contribution in [0.4, 0.5) is 0 Å². The fraction of sp³-hybridized carbons (Fsp3) is 0.696. The molecule has 0 saturated carbocycles. The Labute approximate surface area is 159 Å². The summed E-state index contributed by atoms with van der Waals surface area (Å²) >= 11 is 0. The second-order valence-corrected chi connectivity index (χ2v) is 10.2. The van der Waals surface area contributed by atoms with Gasteiger partial charge in [-0.25, -0.2) is 0 Å². The SMILES string of the molecule is COc1ccc2c(c1)CCCC2OC(=O)C(C)(CC(C)(C)C)C(C)(C)C. The second-order valence-electron chi connectivity index (χ2n) is 10.2. The van der Waals surface area contributed by atoms with Gasteiger partial charge in [-0.15, -0.1) is 0 Å². The van der Waals surface area contributed by atoms with Gasteiger partial charge in [0.1, 0.15) is 11.9 Å². The van der Waals surface area contributed by atoms with Gasteiger partial charge in [0.15, 0.2) is 0 Å². The molecule has 0 amide bonds. The molecule has 2 rings (SSSR count). The number of carbonyl (C=O) groups excluding carboxylic acids is 1.